The molecule has 8 nitrogen and oxygen atoms in total. The van der Waals surface area contributed by atoms with Gasteiger partial charge in [-0.2, -0.15) is 0 Å². The van der Waals surface area contributed by atoms with Gasteiger partial charge in [-0.05, 0) is 55.2 Å². The summed E-state index contributed by atoms with van der Waals surface area (Å²) in [6.07, 6.45) is 6.43. The van der Waals surface area contributed by atoms with Crippen LogP contribution in [0.2, 0.25) is 10.0 Å². The van der Waals surface area contributed by atoms with Crippen LogP contribution in [-0.2, 0) is 26.2 Å². The fraction of sp³-hybridized carbons (Fsp3) is 0.481. The van der Waals surface area contributed by atoms with Gasteiger partial charge in [0.1, 0.15) is 18.3 Å². The highest BCUT2D eigenvalue weighted by Gasteiger charge is 2.33. The number of nitrogens with zero attached hydrogens (tertiary/aromatic N) is 2. The second kappa shape index (κ2) is 13.5. The molecule has 1 aliphatic rings. The number of hydrogen-bond donors (Lipinski definition) is 1. The van der Waals surface area contributed by atoms with E-state index in [4.69, 9.17) is 27.9 Å². The molecule has 2 amide bonds. The number of methoxy groups -OCH3 is 1. The van der Waals surface area contributed by atoms with Crippen LogP contribution in [0, 0.1) is 0 Å². The Hall–Kier alpha value is -2.49. The molecule has 0 aromatic heterocycles. The SMILES string of the molecule is CC[C@H](C(=O)NC1CCCCC1)N(Cc1ccc(OC)cc1)C(=O)CN(c1cc(Cl)ccc1Cl)S(C)(=O)=O. The smallest absolute Gasteiger partial charge is 0.244 e. The van der Waals surface area contributed by atoms with Gasteiger partial charge in [-0.1, -0.05) is 61.5 Å². The molecule has 2 aromatic carbocycles. The maximum atomic E-state index is 13.8. The van der Waals surface area contributed by atoms with Crippen molar-refractivity contribution < 1.29 is 22.7 Å². The lowest BCUT2D eigenvalue weighted by atomic mass is 9.95. The van der Waals surface area contributed by atoms with Crippen LogP contribution in [0.1, 0.15) is 51.0 Å². The number of nitrogens with one attached hydrogen (secondary N) is 1. The summed E-state index contributed by atoms with van der Waals surface area (Å²) in [6, 6.07) is 10.9. The molecule has 2 aromatic rings. The van der Waals surface area contributed by atoms with Crippen LogP contribution in [0.5, 0.6) is 5.75 Å². The molecule has 1 N–H and O–H groups in total. The number of halogens is 2. The number of sulfonamides is 1. The minimum absolute atomic E-state index is 0.0704. The first kappa shape index (κ1) is 30.1. The van der Waals surface area contributed by atoms with Crippen LogP contribution in [0.15, 0.2) is 42.5 Å². The topological polar surface area (TPSA) is 96.0 Å². The molecule has 3 rings (SSSR count). The first-order valence-electron chi connectivity index (χ1n) is 12.7. The standard InChI is InChI=1S/C27H35Cl2N3O5S/c1-4-24(27(34)30-21-8-6-5-7-9-21)31(17-19-10-13-22(37-2)14-11-19)26(33)18-32(38(3,35)36)25-16-20(28)12-15-23(25)29/h10-16,21,24H,4-9,17-18H2,1-3H3,(H,30,34)/t24-/m1/s1. The molecule has 1 fully saturated rings. The van der Waals surface area contributed by atoms with E-state index < -0.39 is 28.5 Å². The number of amides is 2. The Labute approximate surface area is 235 Å². The number of carbonyl (C=O) groups excluding carboxylic acids is 2. The van der Waals surface area contributed by atoms with Gasteiger partial charge in [0.15, 0.2) is 0 Å². The third kappa shape index (κ3) is 8.01. The third-order valence-corrected chi connectivity index (χ3v) is 8.39. The molecule has 11 heteroatoms. The summed E-state index contributed by atoms with van der Waals surface area (Å²) in [6.45, 7) is 1.41. The number of carbonyl (C=O) groups is 2. The highest BCUT2D eigenvalue weighted by molar-refractivity contribution is 7.92. The Morgan fingerprint density at radius 2 is 1.74 bits per heavy atom. The zero-order valence-corrected chi connectivity index (χ0v) is 24.3. The Balaban J connectivity index is 1.94. The molecule has 0 saturated heterocycles. The molecule has 1 atom stereocenters. The van der Waals surface area contributed by atoms with Crippen LogP contribution in [0.4, 0.5) is 5.69 Å². The summed E-state index contributed by atoms with van der Waals surface area (Å²) in [4.78, 5) is 28.7. The van der Waals surface area contributed by atoms with Crippen molar-refractivity contribution in [1.29, 1.82) is 0 Å². The highest BCUT2D eigenvalue weighted by atomic mass is 35.5. The van der Waals surface area contributed by atoms with Crippen molar-refractivity contribution in [3.05, 3.63) is 58.1 Å². The monoisotopic (exact) mass is 583 g/mol. The Bertz CT molecular complexity index is 1220. The Morgan fingerprint density at radius 1 is 1.08 bits per heavy atom. The van der Waals surface area contributed by atoms with E-state index in [1.807, 2.05) is 19.1 Å². The summed E-state index contributed by atoms with van der Waals surface area (Å²) in [5.41, 5.74) is 0.869. The van der Waals surface area contributed by atoms with Gasteiger partial charge >= 0.3 is 0 Å². The summed E-state index contributed by atoms with van der Waals surface area (Å²) in [5, 5.41) is 3.53. The van der Waals surface area contributed by atoms with Crippen molar-refractivity contribution in [2.45, 2.75) is 64.1 Å². The van der Waals surface area contributed by atoms with Crippen molar-refractivity contribution in [3.8, 4) is 5.75 Å². The van der Waals surface area contributed by atoms with Gasteiger partial charge in [-0.15, -0.1) is 0 Å². The van der Waals surface area contributed by atoms with Crippen LogP contribution < -0.4 is 14.4 Å². The summed E-state index contributed by atoms with van der Waals surface area (Å²) < 4.78 is 31.7. The van der Waals surface area contributed by atoms with Gasteiger partial charge in [-0.25, -0.2) is 8.42 Å². The van der Waals surface area contributed by atoms with E-state index in [1.165, 1.54) is 23.1 Å². The molecule has 0 heterocycles. The highest BCUT2D eigenvalue weighted by Crippen LogP contribution is 2.31. The Morgan fingerprint density at radius 3 is 2.32 bits per heavy atom. The molecular formula is C27H35Cl2N3O5S. The van der Waals surface area contributed by atoms with E-state index in [1.54, 1.807) is 19.2 Å². The van der Waals surface area contributed by atoms with Crippen molar-refractivity contribution in [2.75, 3.05) is 24.2 Å². The average molecular weight is 585 g/mol. The molecule has 0 radical (unpaired) electrons. The van der Waals surface area contributed by atoms with Crippen molar-refractivity contribution in [1.82, 2.24) is 10.2 Å². The maximum absolute atomic E-state index is 13.8. The van der Waals surface area contributed by atoms with E-state index in [9.17, 15) is 18.0 Å². The van der Waals surface area contributed by atoms with Gasteiger partial charge < -0.3 is 15.0 Å². The fourth-order valence-electron chi connectivity index (χ4n) is 4.66. The number of rotatable bonds is 11. The van der Waals surface area contributed by atoms with Crippen LogP contribution >= 0.6 is 23.2 Å². The van der Waals surface area contributed by atoms with E-state index in [0.29, 0.717) is 12.2 Å². The number of anilines is 1. The van der Waals surface area contributed by atoms with E-state index in [0.717, 1.165) is 48.2 Å². The zero-order chi connectivity index (χ0) is 27.9. The quantitative estimate of drug-likeness (QED) is 0.400. The summed E-state index contributed by atoms with van der Waals surface area (Å²) in [5.74, 6) is -0.117. The molecule has 1 aliphatic carbocycles. The lowest BCUT2D eigenvalue weighted by Gasteiger charge is -2.34. The molecule has 0 aliphatic heterocycles. The second-order valence-corrected chi connectivity index (χ2v) is 12.3. The normalized spacial score (nSPS) is 15.0. The van der Waals surface area contributed by atoms with Gasteiger partial charge in [0.05, 0.1) is 24.1 Å². The molecule has 1 saturated carbocycles. The number of benzene rings is 2. The largest absolute Gasteiger partial charge is 0.497 e. The predicted molar refractivity (Wildman–Crippen MR) is 151 cm³/mol. The third-order valence-electron chi connectivity index (χ3n) is 6.71. The predicted octanol–water partition coefficient (Wildman–Crippen LogP) is 5.02. The molecule has 0 bridgehead atoms. The van der Waals surface area contributed by atoms with Gasteiger partial charge in [0.25, 0.3) is 0 Å². The van der Waals surface area contributed by atoms with Crippen molar-refractivity contribution >= 4 is 50.7 Å². The number of hydrogen-bond acceptors (Lipinski definition) is 5. The van der Waals surface area contributed by atoms with Crippen LogP contribution in [-0.4, -0.2) is 57.1 Å². The summed E-state index contributed by atoms with van der Waals surface area (Å²) >= 11 is 12.4. The fourth-order valence-corrected chi connectivity index (χ4v) is 5.95. The number of ether oxygens (including phenoxy) is 1. The van der Waals surface area contributed by atoms with Gasteiger partial charge in [-0.3, -0.25) is 13.9 Å². The van der Waals surface area contributed by atoms with E-state index in [2.05, 4.69) is 5.32 Å². The first-order valence-corrected chi connectivity index (χ1v) is 15.3. The second-order valence-electron chi connectivity index (χ2n) is 9.50. The Kier molecular flexibility index (Phi) is 10.7. The van der Waals surface area contributed by atoms with E-state index >= 15 is 0 Å². The van der Waals surface area contributed by atoms with Crippen molar-refractivity contribution in [2.24, 2.45) is 0 Å². The summed E-state index contributed by atoms with van der Waals surface area (Å²) in [7, 11) is -2.35. The first-order chi connectivity index (χ1) is 18.0. The van der Waals surface area contributed by atoms with Crippen molar-refractivity contribution in [3.63, 3.8) is 0 Å². The molecule has 208 valence electrons. The van der Waals surface area contributed by atoms with Crippen LogP contribution in [0.3, 0.4) is 0 Å². The average Bonchev–Trinajstić information content (AvgIpc) is 2.89. The van der Waals surface area contributed by atoms with Gasteiger partial charge in [0, 0.05) is 17.6 Å². The lowest BCUT2D eigenvalue weighted by molar-refractivity contribution is -0.140. The van der Waals surface area contributed by atoms with Gasteiger partial charge in [0.2, 0.25) is 21.8 Å². The minimum atomic E-state index is -3.92. The zero-order valence-electron chi connectivity index (χ0n) is 22.0. The molecule has 0 unspecified atom stereocenters. The molecule has 0 spiro atoms. The van der Waals surface area contributed by atoms with E-state index in [-0.39, 0.29) is 34.2 Å². The lowest BCUT2D eigenvalue weighted by Crippen LogP contribution is -2.54. The molecular weight excluding hydrogens is 549 g/mol. The minimum Gasteiger partial charge on any atom is -0.497 e. The maximum Gasteiger partial charge on any atom is 0.244 e. The van der Waals surface area contributed by atoms with Crippen LogP contribution in [0.25, 0.3) is 0 Å². The molecule has 38 heavy (non-hydrogen) atoms.